The van der Waals surface area contributed by atoms with Crippen LogP contribution in [0.3, 0.4) is 0 Å². The molecule has 1 atom stereocenters. The summed E-state index contributed by atoms with van der Waals surface area (Å²) >= 11 is 0. The van der Waals surface area contributed by atoms with E-state index in [0.717, 1.165) is 81.8 Å². The average Bonchev–Trinajstić information content (AvgIpc) is 3.16. The van der Waals surface area contributed by atoms with Crippen molar-refractivity contribution in [3.63, 3.8) is 0 Å². The molecule has 2 aliphatic rings. The first-order valence-electron chi connectivity index (χ1n) is 10.1. The Bertz CT molecular complexity index is 752. The molecular weight excluding hydrogens is 354 g/mol. The maximum atomic E-state index is 5.57. The van der Waals surface area contributed by atoms with Crippen LogP contribution in [0.4, 0.5) is 5.82 Å². The third-order valence-corrected chi connectivity index (χ3v) is 5.42. The first kappa shape index (κ1) is 19.2. The minimum atomic E-state index is 0.366. The zero-order valence-electron chi connectivity index (χ0n) is 16.6. The Hall–Kier alpha value is -2.09. The second-order valence-electron chi connectivity index (χ2n) is 7.50. The molecule has 28 heavy (non-hydrogen) atoms. The van der Waals surface area contributed by atoms with Gasteiger partial charge in [-0.05, 0) is 25.0 Å². The number of nitrogens with zero attached hydrogens (tertiary/aromatic N) is 5. The van der Waals surface area contributed by atoms with Gasteiger partial charge in [0.2, 0.25) is 0 Å². The van der Waals surface area contributed by atoms with E-state index in [1.54, 1.807) is 7.11 Å². The van der Waals surface area contributed by atoms with E-state index in [4.69, 9.17) is 19.4 Å². The molecule has 0 spiro atoms. The lowest BCUT2D eigenvalue weighted by molar-refractivity contribution is 0.177. The molecule has 2 aromatic rings. The molecular formula is C21H29N5O2. The van der Waals surface area contributed by atoms with Gasteiger partial charge in [0.25, 0.3) is 0 Å². The van der Waals surface area contributed by atoms with E-state index < -0.39 is 0 Å². The standard InChI is InChI=1S/C21H29N5O2/c1-27-16-20-23-19(17-6-12-28-15-17)13-21(24-20)26-9-4-8-25(10-11-26)14-18-5-2-3-7-22-18/h2-3,5,7,13,17H,4,6,8-12,14-16H2,1H3. The molecule has 2 saturated heterocycles. The van der Waals surface area contributed by atoms with Crippen molar-refractivity contribution in [2.45, 2.75) is 31.9 Å². The fourth-order valence-corrected chi connectivity index (χ4v) is 3.91. The number of hydrogen-bond acceptors (Lipinski definition) is 7. The summed E-state index contributed by atoms with van der Waals surface area (Å²) in [5, 5.41) is 0. The highest BCUT2D eigenvalue weighted by Crippen LogP contribution is 2.27. The molecule has 0 saturated carbocycles. The number of pyridine rings is 1. The molecule has 150 valence electrons. The van der Waals surface area contributed by atoms with Gasteiger partial charge in [-0.25, -0.2) is 9.97 Å². The lowest BCUT2D eigenvalue weighted by atomic mass is 10.0. The molecule has 0 bridgehead atoms. The van der Waals surface area contributed by atoms with Gasteiger partial charge in [-0.2, -0.15) is 0 Å². The topological polar surface area (TPSA) is 63.6 Å². The summed E-state index contributed by atoms with van der Waals surface area (Å²) in [6.07, 6.45) is 4.00. The Kier molecular flexibility index (Phi) is 6.46. The van der Waals surface area contributed by atoms with Crippen molar-refractivity contribution in [3.8, 4) is 0 Å². The molecule has 4 heterocycles. The van der Waals surface area contributed by atoms with Gasteiger partial charge >= 0.3 is 0 Å². The van der Waals surface area contributed by atoms with E-state index in [1.165, 1.54) is 0 Å². The van der Waals surface area contributed by atoms with E-state index >= 15 is 0 Å². The van der Waals surface area contributed by atoms with E-state index in [9.17, 15) is 0 Å². The summed E-state index contributed by atoms with van der Waals surface area (Å²) in [6.45, 7) is 6.94. The van der Waals surface area contributed by atoms with Gasteiger partial charge in [0.05, 0.1) is 18.0 Å². The average molecular weight is 383 g/mol. The lowest BCUT2D eigenvalue weighted by Gasteiger charge is -2.24. The highest BCUT2D eigenvalue weighted by Gasteiger charge is 2.23. The Morgan fingerprint density at radius 3 is 2.93 bits per heavy atom. The third kappa shape index (κ3) is 4.84. The zero-order chi connectivity index (χ0) is 19.2. The van der Waals surface area contributed by atoms with Gasteiger partial charge in [-0.15, -0.1) is 0 Å². The number of ether oxygens (including phenoxy) is 2. The van der Waals surface area contributed by atoms with Crippen molar-refractivity contribution in [1.29, 1.82) is 0 Å². The molecule has 2 fully saturated rings. The van der Waals surface area contributed by atoms with Crippen molar-refractivity contribution < 1.29 is 9.47 Å². The predicted molar refractivity (Wildman–Crippen MR) is 107 cm³/mol. The number of aromatic nitrogens is 3. The first-order chi connectivity index (χ1) is 13.8. The molecule has 0 radical (unpaired) electrons. The van der Waals surface area contributed by atoms with Gasteiger partial charge in [-0.1, -0.05) is 6.07 Å². The summed E-state index contributed by atoms with van der Waals surface area (Å²) < 4.78 is 10.9. The Labute approximate surface area is 166 Å². The number of rotatable bonds is 6. The number of anilines is 1. The summed E-state index contributed by atoms with van der Waals surface area (Å²) in [7, 11) is 1.69. The number of hydrogen-bond donors (Lipinski definition) is 0. The summed E-state index contributed by atoms with van der Waals surface area (Å²) in [5.41, 5.74) is 2.22. The molecule has 2 aliphatic heterocycles. The largest absolute Gasteiger partial charge is 0.381 e. The summed E-state index contributed by atoms with van der Waals surface area (Å²) in [6, 6.07) is 8.28. The Morgan fingerprint density at radius 2 is 2.14 bits per heavy atom. The normalized spacial score (nSPS) is 21.0. The van der Waals surface area contributed by atoms with E-state index in [-0.39, 0.29) is 0 Å². The second kappa shape index (κ2) is 9.41. The van der Waals surface area contributed by atoms with Crippen LogP contribution in [-0.4, -0.2) is 66.4 Å². The smallest absolute Gasteiger partial charge is 0.156 e. The van der Waals surface area contributed by atoms with Crippen molar-refractivity contribution in [3.05, 3.63) is 47.7 Å². The maximum absolute atomic E-state index is 5.57. The van der Waals surface area contributed by atoms with Crippen molar-refractivity contribution >= 4 is 5.82 Å². The van der Waals surface area contributed by atoms with Crippen LogP contribution in [0.15, 0.2) is 30.5 Å². The third-order valence-electron chi connectivity index (χ3n) is 5.42. The Morgan fingerprint density at radius 1 is 1.18 bits per heavy atom. The maximum Gasteiger partial charge on any atom is 0.156 e. The first-order valence-corrected chi connectivity index (χ1v) is 10.1. The monoisotopic (exact) mass is 383 g/mol. The Balaban J connectivity index is 1.47. The minimum Gasteiger partial charge on any atom is -0.381 e. The molecule has 4 rings (SSSR count). The van der Waals surface area contributed by atoms with Crippen LogP contribution in [0.25, 0.3) is 0 Å². The van der Waals surface area contributed by atoms with E-state index in [2.05, 4.69) is 33.0 Å². The summed E-state index contributed by atoms with van der Waals surface area (Å²) in [4.78, 5) is 18.9. The van der Waals surface area contributed by atoms with E-state index in [0.29, 0.717) is 12.5 Å². The van der Waals surface area contributed by atoms with Gasteiger partial charge in [0.15, 0.2) is 5.82 Å². The molecule has 0 aromatic carbocycles. The van der Waals surface area contributed by atoms with Crippen molar-refractivity contribution in [1.82, 2.24) is 19.9 Å². The van der Waals surface area contributed by atoms with Gasteiger partial charge in [0, 0.05) is 64.6 Å². The molecule has 1 unspecified atom stereocenters. The SMILES string of the molecule is COCc1nc(C2CCOC2)cc(N2CCCN(Cc3ccccn3)CC2)n1. The van der Waals surface area contributed by atoms with Gasteiger partial charge < -0.3 is 14.4 Å². The van der Waals surface area contributed by atoms with Crippen LogP contribution >= 0.6 is 0 Å². The molecule has 0 N–H and O–H groups in total. The van der Waals surface area contributed by atoms with Crippen LogP contribution in [0.5, 0.6) is 0 Å². The fraction of sp³-hybridized carbons (Fsp3) is 0.571. The summed E-state index contributed by atoms with van der Waals surface area (Å²) in [5.74, 6) is 2.14. The van der Waals surface area contributed by atoms with E-state index in [1.807, 2.05) is 12.3 Å². The second-order valence-corrected chi connectivity index (χ2v) is 7.50. The highest BCUT2D eigenvalue weighted by atomic mass is 16.5. The van der Waals surface area contributed by atoms with Crippen LogP contribution < -0.4 is 4.90 Å². The molecule has 0 aliphatic carbocycles. The van der Waals surface area contributed by atoms with Crippen LogP contribution in [0.2, 0.25) is 0 Å². The minimum absolute atomic E-state index is 0.366. The highest BCUT2D eigenvalue weighted by molar-refractivity contribution is 5.41. The molecule has 7 heteroatoms. The van der Waals surface area contributed by atoms with Crippen LogP contribution in [0, 0.1) is 0 Å². The van der Waals surface area contributed by atoms with Crippen molar-refractivity contribution in [2.75, 3.05) is 51.4 Å². The van der Waals surface area contributed by atoms with Crippen LogP contribution in [0.1, 0.15) is 36.0 Å². The lowest BCUT2D eigenvalue weighted by Crippen LogP contribution is -2.31. The van der Waals surface area contributed by atoms with Crippen molar-refractivity contribution in [2.24, 2.45) is 0 Å². The van der Waals surface area contributed by atoms with Crippen LogP contribution in [-0.2, 0) is 22.6 Å². The zero-order valence-corrected chi connectivity index (χ0v) is 16.6. The number of methoxy groups -OCH3 is 1. The predicted octanol–water partition coefficient (Wildman–Crippen LogP) is 2.23. The fourth-order valence-electron chi connectivity index (χ4n) is 3.91. The molecule has 0 amide bonds. The van der Waals surface area contributed by atoms with Gasteiger partial charge in [-0.3, -0.25) is 9.88 Å². The van der Waals surface area contributed by atoms with Gasteiger partial charge in [0.1, 0.15) is 12.4 Å². The molecule has 7 nitrogen and oxygen atoms in total. The molecule has 2 aromatic heterocycles. The quantitative estimate of drug-likeness (QED) is 0.758.